The summed E-state index contributed by atoms with van der Waals surface area (Å²) in [5, 5.41) is 8.79. The van der Waals surface area contributed by atoms with E-state index in [1.54, 1.807) is 6.92 Å². The SMILES string of the molecule is CCCN(CC(=O)O)S(=O)(=O)c1cc(C(F)(F)F)ccc1C. The Hall–Kier alpha value is -1.61. The summed E-state index contributed by atoms with van der Waals surface area (Å²) in [7, 11) is -4.32. The number of halogens is 3. The first-order valence-corrected chi connectivity index (χ1v) is 7.84. The molecule has 124 valence electrons. The molecule has 1 aromatic rings. The summed E-state index contributed by atoms with van der Waals surface area (Å²) >= 11 is 0. The van der Waals surface area contributed by atoms with Crippen molar-refractivity contribution in [3.05, 3.63) is 29.3 Å². The van der Waals surface area contributed by atoms with Gasteiger partial charge in [0.15, 0.2) is 0 Å². The number of nitrogens with zero attached hydrogens (tertiary/aromatic N) is 1. The Bertz CT molecular complexity index is 656. The molecule has 0 aliphatic heterocycles. The largest absolute Gasteiger partial charge is 0.480 e. The highest BCUT2D eigenvalue weighted by Crippen LogP contribution is 2.32. The first kappa shape index (κ1) is 18.4. The number of sulfonamides is 1. The smallest absolute Gasteiger partial charge is 0.416 e. The lowest BCUT2D eigenvalue weighted by molar-refractivity contribution is -0.138. The van der Waals surface area contributed by atoms with Gasteiger partial charge < -0.3 is 5.11 Å². The number of alkyl halides is 3. The Kier molecular flexibility index (Phi) is 5.58. The van der Waals surface area contributed by atoms with E-state index in [9.17, 15) is 26.4 Å². The van der Waals surface area contributed by atoms with Crippen molar-refractivity contribution in [1.82, 2.24) is 4.31 Å². The fraction of sp³-hybridized carbons (Fsp3) is 0.462. The van der Waals surface area contributed by atoms with E-state index in [0.717, 1.165) is 12.1 Å². The Labute approximate surface area is 126 Å². The van der Waals surface area contributed by atoms with Crippen LogP contribution in [0.5, 0.6) is 0 Å². The molecule has 0 aliphatic rings. The quantitative estimate of drug-likeness (QED) is 0.864. The van der Waals surface area contributed by atoms with Crippen LogP contribution in [0.1, 0.15) is 24.5 Å². The van der Waals surface area contributed by atoms with Crippen molar-refractivity contribution in [1.29, 1.82) is 0 Å². The third-order valence-electron chi connectivity index (χ3n) is 2.92. The molecule has 0 fully saturated rings. The van der Waals surface area contributed by atoms with Crippen LogP contribution in [-0.2, 0) is 21.0 Å². The number of aliphatic carboxylic acids is 1. The summed E-state index contributed by atoms with van der Waals surface area (Å²) in [6.07, 6.45) is -4.34. The first-order chi connectivity index (χ1) is 10.00. The van der Waals surface area contributed by atoms with Gasteiger partial charge in [-0.15, -0.1) is 0 Å². The van der Waals surface area contributed by atoms with Crippen LogP contribution in [-0.4, -0.2) is 36.9 Å². The zero-order valence-corrected chi connectivity index (χ0v) is 12.8. The highest BCUT2D eigenvalue weighted by atomic mass is 32.2. The predicted octanol–water partition coefficient (Wildman–Crippen LogP) is 2.50. The molecule has 5 nitrogen and oxygen atoms in total. The van der Waals surface area contributed by atoms with Crippen LogP contribution in [0.4, 0.5) is 13.2 Å². The number of rotatable bonds is 6. The molecular weight excluding hydrogens is 323 g/mol. The monoisotopic (exact) mass is 339 g/mol. The van der Waals surface area contributed by atoms with Gasteiger partial charge in [-0.2, -0.15) is 17.5 Å². The Morgan fingerprint density at radius 2 is 1.91 bits per heavy atom. The molecule has 0 aromatic heterocycles. The molecule has 0 radical (unpaired) electrons. The van der Waals surface area contributed by atoms with Gasteiger partial charge in [0.1, 0.15) is 6.54 Å². The second-order valence-electron chi connectivity index (χ2n) is 4.71. The summed E-state index contributed by atoms with van der Waals surface area (Å²) in [5.41, 5.74) is -0.969. The average Bonchev–Trinajstić information content (AvgIpc) is 2.36. The number of carboxylic acid groups (broad SMARTS) is 1. The van der Waals surface area contributed by atoms with E-state index in [4.69, 9.17) is 5.11 Å². The lowest BCUT2D eigenvalue weighted by Gasteiger charge is -2.21. The summed E-state index contributed by atoms with van der Waals surface area (Å²) in [6.45, 7) is 2.11. The van der Waals surface area contributed by atoms with Gasteiger partial charge >= 0.3 is 12.1 Å². The van der Waals surface area contributed by atoms with Gasteiger partial charge in [0.05, 0.1) is 10.5 Å². The maximum atomic E-state index is 12.7. The van der Waals surface area contributed by atoms with E-state index in [1.165, 1.54) is 6.92 Å². The van der Waals surface area contributed by atoms with Crippen molar-refractivity contribution in [2.45, 2.75) is 31.3 Å². The van der Waals surface area contributed by atoms with E-state index in [2.05, 4.69) is 0 Å². The molecule has 0 saturated heterocycles. The van der Waals surface area contributed by atoms with Gasteiger partial charge in [0.25, 0.3) is 0 Å². The van der Waals surface area contributed by atoms with Crippen LogP contribution in [0.3, 0.4) is 0 Å². The highest BCUT2D eigenvalue weighted by Gasteiger charge is 2.34. The van der Waals surface area contributed by atoms with Crippen molar-refractivity contribution in [3.8, 4) is 0 Å². The van der Waals surface area contributed by atoms with Crippen LogP contribution in [0.25, 0.3) is 0 Å². The van der Waals surface area contributed by atoms with Crippen molar-refractivity contribution >= 4 is 16.0 Å². The zero-order chi connectivity index (χ0) is 17.1. The normalized spacial score (nSPS) is 12.6. The van der Waals surface area contributed by atoms with Crippen molar-refractivity contribution in [2.75, 3.05) is 13.1 Å². The molecule has 0 aliphatic carbocycles. The van der Waals surface area contributed by atoms with E-state index in [-0.39, 0.29) is 12.1 Å². The topological polar surface area (TPSA) is 74.7 Å². The Morgan fingerprint density at radius 3 is 2.36 bits per heavy atom. The number of hydrogen-bond acceptors (Lipinski definition) is 3. The van der Waals surface area contributed by atoms with E-state index in [0.29, 0.717) is 16.8 Å². The molecule has 0 saturated carbocycles. The maximum absolute atomic E-state index is 12.7. The van der Waals surface area contributed by atoms with Gasteiger partial charge in [-0.3, -0.25) is 4.79 Å². The van der Waals surface area contributed by atoms with Crippen LogP contribution in [0, 0.1) is 6.92 Å². The predicted molar refractivity (Wildman–Crippen MR) is 72.9 cm³/mol. The molecule has 1 rings (SSSR count). The molecule has 0 amide bonds. The average molecular weight is 339 g/mol. The molecule has 0 heterocycles. The van der Waals surface area contributed by atoms with E-state index < -0.39 is 39.2 Å². The third-order valence-corrected chi connectivity index (χ3v) is 4.91. The standard InChI is InChI=1S/C13H16F3NO4S/c1-3-6-17(8-12(18)19)22(20,21)11-7-10(13(14,15)16)5-4-9(11)2/h4-5,7H,3,6,8H2,1-2H3,(H,18,19). The van der Waals surface area contributed by atoms with Crippen LogP contribution in [0.2, 0.25) is 0 Å². The van der Waals surface area contributed by atoms with Gasteiger partial charge in [-0.05, 0) is 31.0 Å². The summed E-state index contributed by atoms with van der Waals surface area (Å²) in [5.74, 6) is -1.37. The molecular formula is C13H16F3NO4S. The van der Waals surface area contributed by atoms with Crippen LogP contribution >= 0.6 is 0 Å². The molecule has 0 atom stereocenters. The van der Waals surface area contributed by atoms with Gasteiger partial charge in [-0.25, -0.2) is 8.42 Å². The molecule has 9 heteroatoms. The first-order valence-electron chi connectivity index (χ1n) is 6.40. The van der Waals surface area contributed by atoms with Gasteiger partial charge in [-0.1, -0.05) is 13.0 Å². The molecule has 1 N–H and O–H groups in total. The number of benzene rings is 1. The molecule has 0 unspecified atom stereocenters. The molecule has 0 spiro atoms. The van der Waals surface area contributed by atoms with E-state index in [1.807, 2.05) is 0 Å². The zero-order valence-electron chi connectivity index (χ0n) is 12.0. The third kappa shape index (κ3) is 4.20. The lowest BCUT2D eigenvalue weighted by Crippen LogP contribution is -2.36. The number of carboxylic acids is 1. The minimum atomic E-state index is -4.68. The van der Waals surface area contributed by atoms with E-state index >= 15 is 0 Å². The fourth-order valence-corrected chi connectivity index (χ4v) is 3.61. The van der Waals surface area contributed by atoms with Crippen LogP contribution in [0.15, 0.2) is 23.1 Å². The molecule has 0 bridgehead atoms. The molecule has 22 heavy (non-hydrogen) atoms. The van der Waals surface area contributed by atoms with Gasteiger partial charge in [0, 0.05) is 6.54 Å². The minimum absolute atomic E-state index is 0.0929. The van der Waals surface area contributed by atoms with Crippen molar-refractivity contribution < 1.29 is 31.5 Å². The van der Waals surface area contributed by atoms with Gasteiger partial charge in [0.2, 0.25) is 10.0 Å². The number of carbonyl (C=O) groups is 1. The lowest BCUT2D eigenvalue weighted by atomic mass is 10.1. The maximum Gasteiger partial charge on any atom is 0.416 e. The summed E-state index contributed by atoms with van der Waals surface area (Å²) in [6, 6.07) is 2.38. The molecule has 1 aromatic carbocycles. The fourth-order valence-electron chi connectivity index (χ4n) is 1.88. The highest BCUT2D eigenvalue weighted by molar-refractivity contribution is 7.89. The van der Waals surface area contributed by atoms with Crippen LogP contribution < -0.4 is 0 Å². The number of aryl methyl sites for hydroxylation is 1. The summed E-state index contributed by atoms with van der Waals surface area (Å²) < 4.78 is 63.8. The van der Waals surface area contributed by atoms with Crippen molar-refractivity contribution in [2.24, 2.45) is 0 Å². The van der Waals surface area contributed by atoms with Crippen molar-refractivity contribution in [3.63, 3.8) is 0 Å². The second kappa shape index (κ2) is 6.66. The second-order valence-corrected chi connectivity index (χ2v) is 6.62. The number of hydrogen-bond donors (Lipinski definition) is 1. The Morgan fingerprint density at radius 1 is 1.32 bits per heavy atom. The minimum Gasteiger partial charge on any atom is -0.480 e. The summed E-state index contributed by atoms with van der Waals surface area (Å²) in [4.78, 5) is 10.3. The Balaban J connectivity index is 3.39.